The highest BCUT2D eigenvalue weighted by molar-refractivity contribution is 9.10. The summed E-state index contributed by atoms with van der Waals surface area (Å²) in [7, 11) is -3.70. The smallest absolute Gasteiger partial charge is 0.263 e. The molecule has 2 rings (SSSR count). The second-order valence-electron chi connectivity index (χ2n) is 3.75. The maximum absolute atomic E-state index is 12.1. The molecule has 1 aromatic carbocycles. The molecule has 0 aliphatic carbocycles. The molecule has 0 unspecified atom stereocenters. The van der Waals surface area contributed by atoms with E-state index in [4.69, 9.17) is 16.7 Å². The lowest BCUT2D eigenvalue weighted by Gasteiger charge is -2.08. The molecule has 0 saturated carbocycles. The van der Waals surface area contributed by atoms with Crippen molar-refractivity contribution in [3.05, 3.63) is 45.7 Å². The van der Waals surface area contributed by atoms with Crippen LogP contribution >= 0.6 is 27.5 Å². The predicted molar refractivity (Wildman–Crippen MR) is 76.7 cm³/mol. The van der Waals surface area contributed by atoms with Crippen LogP contribution in [0, 0.1) is 0 Å². The highest BCUT2D eigenvalue weighted by Gasteiger charge is 2.17. The normalized spacial score (nSPS) is 11.5. The Bertz CT molecular complexity index is 700. The zero-order valence-electron chi connectivity index (χ0n) is 9.52. The van der Waals surface area contributed by atoms with Gasteiger partial charge in [-0.2, -0.15) is 0 Å². The van der Waals surface area contributed by atoms with Gasteiger partial charge in [-0.05, 0) is 40.2 Å². The molecule has 3 N–H and O–H groups in total. The average Bonchev–Trinajstić information content (AvgIpc) is 2.82. The molecule has 0 aliphatic rings. The van der Waals surface area contributed by atoms with Crippen molar-refractivity contribution in [1.82, 2.24) is 4.98 Å². The third-order valence-corrected chi connectivity index (χ3v) is 4.61. The molecular weight excluding hydrogens is 356 g/mol. The van der Waals surface area contributed by atoms with Gasteiger partial charge in [0, 0.05) is 21.4 Å². The first kappa shape index (κ1) is 14.4. The standard InChI is InChI=1S/C11H10BrClN2O3S/c12-10-3-7(13)1-2-11(10)15-19(17,18)9-4-8(6-16)14-5-9/h1-5,14-16H,6H2. The first-order valence-corrected chi connectivity index (χ1v) is 7.84. The predicted octanol–water partition coefficient (Wildman–Crippen LogP) is 2.72. The number of hydrogen-bond donors (Lipinski definition) is 3. The molecule has 0 fully saturated rings. The van der Waals surface area contributed by atoms with E-state index in [-0.39, 0.29) is 11.5 Å². The number of sulfonamides is 1. The van der Waals surface area contributed by atoms with Gasteiger partial charge >= 0.3 is 0 Å². The van der Waals surface area contributed by atoms with Crippen molar-refractivity contribution in [2.24, 2.45) is 0 Å². The van der Waals surface area contributed by atoms with Crippen molar-refractivity contribution in [2.45, 2.75) is 11.5 Å². The largest absolute Gasteiger partial charge is 0.390 e. The Morgan fingerprint density at radius 3 is 2.68 bits per heavy atom. The number of aliphatic hydroxyl groups is 1. The van der Waals surface area contributed by atoms with Crippen molar-refractivity contribution in [2.75, 3.05) is 4.72 Å². The van der Waals surface area contributed by atoms with Gasteiger partial charge < -0.3 is 10.1 Å². The summed E-state index contributed by atoms with van der Waals surface area (Å²) < 4.78 is 27.2. The summed E-state index contributed by atoms with van der Waals surface area (Å²) in [4.78, 5) is 2.72. The van der Waals surface area contributed by atoms with E-state index in [0.29, 0.717) is 20.9 Å². The van der Waals surface area contributed by atoms with Gasteiger partial charge in [-0.15, -0.1) is 0 Å². The molecule has 102 valence electrons. The summed E-state index contributed by atoms with van der Waals surface area (Å²) in [6, 6.07) is 6.10. The summed E-state index contributed by atoms with van der Waals surface area (Å²) in [6.07, 6.45) is 1.32. The summed E-state index contributed by atoms with van der Waals surface area (Å²) >= 11 is 9.02. The van der Waals surface area contributed by atoms with E-state index in [9.17, 15) is 8.42 Å². The number of hydrogen-bond acceptors (Lipinski definition) is 3. The van der Waals surface area contributed by atoms with E-state index in [2.05, 4.69) is 25.6 Å². The molecular formula is C11H10BrClN2O3S. The molecule has 0 aliphatic heterocycles. The maximum Gasteiger partial charge on any atom is 0.263 e. The Morgan fingerprint density at radius 1 is 1.37 bits per heavy atom. The maximum atomic E-state index is 12.1. The number of H-pyrrole nitrogens is 1. The third-order valence-electron chi connectivity index (χ3n) is 2.37. The van der Waals surface area contributed by atoms with Crippen LogP contribution in [0.15, 0.2) is 39.8 Å². The van der Waals surface area contributed by atoms with Crippen molar-refractivity contribution >= 4 is 43.2 Å². The number of aromatic nitrogens is 1. The highest BCUT2D eigenvalue weighted by Crippen LogP contribution is 2.28. The molecule has 19 heavy (non-hydrogen) atoms. The lowest BCUT2D eigenvalue weighted by Crippen LogP contribution is -2.12. The molecule has 0 bridgehead atoms. The summed E-state index contributed by atoms with van der Waals surface area (Å²) in [6.45, 7) is -0.250. The molecule has 0 saturated heterocycles. The molecule has 8 heteroatoms. The van der Waals surface area contributed by atoms with Gasteiger partial charge in [0.1, 0.15) is 4.90 Å². The number of nitrogens with one attached hydrogen (secondary N) is 2. The lowest BCUT2D eigenvalue weighted by atomic mass is 10.3. The van der Waals surface area contributed by atoms with Crippen molar-refractivity contribution in [3.8, 4) is 0 Å². The van der Waals surface area contributed by atoms with Gasteiger partial charge in [0.05, 0.1) is 12.3 Å². The van der Waals surface area contributed by atoms with Crippen LogP contribution < -0.4 is 4.72 Å². The minimum absolute atomic E-state index is 0.0541. The molecule has 0 radical (unpaired) electrons. The summed E-state index contributed by atoms with van der Waals surface area (Å²) in [5.41, 5.74) is 0.812. The molecule has 2 aromatic rings. The number of benzene rings is 1. The summed E-state index contributed by atoms with van der Waals surface area (Å²) in [5.74, 6) is 0. The van der Waals surface area contributed by atoms with Crippen LogP contribution in [0.1, 0.15) is 5.69 Å². The van der Waals surface area contributed by atoms with Crippen LogP contribution in [0.4, 0.5) is 5.69 Å². The third kappa shape index (κ3) is 3.30. The van der Waals surface area contributed by atoms with Crippen molar-refractivity contribution in [1.29, 1.82) is 0 Å². The molecule has 1 aromatic heterocycles. The van der Waals surface area contributed by atoms with Crippen molar-refractivity contribution in [3.63, 3.8) is 0 Å². The van der Waals surface area contributed by atoms with Crippen LogP contribution in [-0.2, 0) is 16.6 Å². The average molecular weight is 366 g/mol. The van der Waals surface area contributed by atoms with Crippen molar-refractivity contribution < 1.29 is 13.5 Å². The monoisotopic (exact) mass is 364 g/mol. The van der Waals surface area contributed by atoms with E-state index < -0.39 is 10.0 Å². The lowest BCUT2D eigenvalue weighted by molar-refractivity contribution is 0.277. The Labute approximate surface area is 123 Å². The number of aromatic amines is 1. The number of rotatable bonds is 4. The van der Waals surface area contributed by atoms with E-state index in [1.807, 2.05) is 0 Å². The van der Waals surface area contributed by atoms with Gasteiger partial charge in [-0.1, -0.05) is 11.6 Å². The molecule has 0 atom stereocenters. The Kier molecular flexibility index (Phi) is 4.19. The van der Waals surface area contributed by atoms with Crippen LogP contribution in [0.5, 0.6) is 0 Å². The number of halogens is 2. The summed E-state index contributed by atoms with van der Waals surface area (Å²) in [5, 5.41) is 9.41. The first-order chi connectivity index (χ1) is 8.92. The van der Waals surface area contributed by atoms with E-state index >= 15 is 0 Å². The van der Waals surface area contributed by atoms with Gasteiger partial charge in [-0.25, -0.2) is 8.42 Å². The minimum atomic E-state index is -3.70. The Hall–Kier alpha value is -1.02. The molecule has 0 amide bonds. The molecule has 1 heterocycles. The Morgan fingerprint density at radius 2 is 2.11 bits per heavy atom. The van der Waals surface area contributed by atoms with Crippen LogP contribution in [0.2, 0.25) is 5.02 Å². The Balaban J connectivity index is 2.30. The van der Waals surface area contributed by atoms with Crippen LogP contribution in [-0.4, -0.2) is 18.5 Å². The second kappa shape index (κ2) is 5.54. The van der Waals surface area contributed by atoms with E-state index in [1.54, 1.807) is 18.2 Å². The van der Waals surface area contributed by atoms with Gasteiger partial charge in [0.2, 0.25) is 0 Å². The van der Waals surface area contributed by atoms with Gasteiger partial charge in [0.15, 0.2) is 0 Å². The highest BCUT2D eigenvalue weighted by atomic mass is 79.9. The van der Waals surface area contributed by atoms with E-state index in [0.717, 1.165) is 0 Å². The zero-order chi connectivity index (χ0) is 14.0. The molecule has 5 nitrogen and oxygen atoms in total. The number of aliphatic hydroxyl groups excluding tert-OH is 1. The topological polar surface area (TPSA) is 82.2 Å². The van der Waals surface area contributed by atoms with Crippen LogP contribution in [0.3, 0.4) is 0 Å². The fourth-order valence-electron chi connectivity index (χ4n) is 1.44. The van der Waals surface area contributed by atoms with Crippen LogP contribution in [0.25, 0.3) is 0 Å². The van der Waals surface area contributed by atoms with Gasteiger partial charge in [-0.3, -0.25) is 4.72 Å². The zero-order valence-corrected chi connectivity index (χ0v) is 12.7. The fourth-order valence-corrected chi connectivity index (χ4v) is 3.45. The fraction of sp³-hybridized carbons (Fsp3) is 0.0909. The second-order valence-corrected chi connectivity index (χ2v) is 6.72. The first-order valence-electron chi connectivity index (χ1n) is 5.18. The molecule has 0 spiro atoms. The van der Waals surface area contributed by atoms with E-state index in [1.165, 1.54) is 12.3 Å². The SMILES string of the molecule is O=S(=O)(Nc1ccc(Cl)cc1Br)c1c[nH]c(CO)c1. The number of anilines is 1. The quantitative estimate of drug-likeness (QED) is 0.779. The minimum Gasteiger partial charge on any atom is -0.390 e. The van der Waals surface area contributed by atoms with Gasteiger partial charge in [0.25, 0.3) is 10.0 Å².